The van der Waals surface area contributed by atoms with Gasteiger partial charge in [-0.2, -0.15) is 0 Å². The number of likely N-dealkylation sites (tertiary alicyclic amines) is 1. The van der Waals surface area contributed by atoms with Gasteiger partial charge in [-0.1, -0.05) is 18.6 Å². The first-order chi connectivity index (χ1) is 11.2. The number of piperidine rings is 1. The Morgan fingerprint density at radius 2 is 2.00 bits per heavy atom. The van der Waals surface area contributed by atoms with Crippen molar-refractivity contribution in [1.29, 1.82) is 0 Å². The molecule has 24 heavy (non-hydrogen) atoms. The van der Waals surface area contributed by atoms with Gasteiger partial charge >= 0.3 is 0 Å². The van der Waals surface area contributed by atoms with E-state index in [1.54, 1.807) is 19.2 Å². The predicted octanol–water partition coefficient (Wildman–Crippen LogP) is 1.55. The second kappa shape index (κ2) is 11.2. The molecule has 134 valence electrons. The lowest BCUT2D eigenvalue weighted by Crippen LogP contribution is -2.42. The number of primary amides is 1. The van der Waals surface area contributed by atoms with E-state index in [0.29, 0.717) is 12.1 Å². The number of benzene rings is 1. The van der Waals surface area contributed by atoms with Gasteiger partial charge in [0.15, 0.2) is 5.96 Å². The Balaban J connectivity index is 0.00000288. The number of rotatable bonds is 6. The van der Waals surface area contributed by atoms with Gasteiger partial charge in [-0.25, -0.2) is 0 Å². The highest BCUT2D eigenvalue weighted by molar-refractivity contribution is 14.0. The Kier molecular flexibility index (Phi) is 9.70. The molecule has 0 aliphatic carbocycles. The van der Waals surface area contributed by atoms with Crippen LogP contribution in [0.25, 0.3) is 0 Å². The van der Waals surface area contributed by atoms with Crippen LogP contribution in [0, 0.1) is 0 Å². The first-order valence-electron chi connectivity index (χ1n) is 8.24. The van der Waals surface area contributed by atoms with Gasteiger partial charge in [-0.05, 0) is 43.6 Å². The smallest absolute Gasteiger partial charge is 0.248 e. The maximum atomic E-state index is 11.2. The number of carbonyl (C=O) groups is 1. The van der Waals surface area contributed by atoms with E-state index in [-0.39, 0.29) is 24.0 Å². The van der Waals surface area contributed by atoms with Crippen LogP contribution in [0.3, 0.4) is 0 Å². The van der Waals surface area contributed by atoms with Gasteiger partial charge in [0.2, 0.25) is 5.91 Å². The number of aliphatic imine (C=N–C) groups is 1. The summed E-state index contributed by atoms with van der Waals surface area (Å²) in [7, 11) is 1.76. The van der Waals surface area contributed by atoms with Gasteiger partial charge in [0, 0.05) is 32.2 Å². The number of nitrogens with zero attached hydrogens (tertiary/aromatic N) is 2. The molecule has 0 radical (unpaired) electrons. The standard InChI is InChI=1S/C17H27N5O.HI/c1-19-17(20-8-11-22-9-3-2-4-10-22)21-13-14-6-5-7-15(12-14)16(18)23;/h5-7,12H,2-4,8-11,13H2,1H3,(H2,18,23)(H2,19,20,21);1H. The zero-order chi connectivity index (χ0) is 16.5. The molecule has 1 aliphatic rings. The molecule has 1 fully saturated rings. The fraction of sp³-hybridized carbons (Fsp3) is 0.529. The third kappa shape index (κ3) is 7.04. The van der Waals surface area contributed by atoms with E-state index < -0.39 is 5.91 Å². The number of amides is 1. The van der Waals surface area contributed by atoms with E-state index in [2.05, 4.69) is 20.5 Å². The summed E-state index contributed by atoms with van der Waals surface area (Å²) < 4.78 is 0. The summed E-state index contributed by atoms with van der Waals surface area (Å²) in [5, 5.41) is 6.59. The molecule has 6 nitrogen and oxygen atoms in total. The highest BCUT2D eigenvalue weighted by Gasteiger charge is 2.09. The predicted molar refractivity (Wildman–Crippen MR) is 109 cm³/mol. The van der Waals surface area contributed by atoms with E-state index in [1.165, 1.54) is 32.4 Å². The summed E-state index contributed by atoms with van der Waals surface area (Å²) in [4.78, 5) is 17.9. The molecule has 0 atom stereocenters. The summed E-state index contributed by atoms with van der Waals surface area (Å²) >= 11 is 0. The minimum absolute atomic E-state index is 0. The Bertz CT molecular complexity index is 544. The first kappa shape index (κ1) is 20.7. The van der Waals surface area contributed by atoms with Gasteiger partial charge in [0.05, 0.1) is 0 Å². The van der Waals surface area contributed by atoms with Crippen molar-refractivity contribution in [1.82, 2.24) is 15.5 Å². The lowest BCUT2D eigenvalue weighted by molar-refractivity contribution is 0.1000. The minimum atomic E-state index is -0.407. The van der Waals surface area contributed by atoms with Crippen LogP contribution in [0.2, 0.25) is 0 Å². The summed E-state index contributed by atoms with van der Waals surface area (Å²) in [6.45, 7) is 4.92. The van der Waals surface area contributed by atoms with Gasteiger partial charge in [0.1, 0.15) is 0 Å². The molecule has 0 unspecified atom stereocenters. The average molecular weight is 445 g/mol. The number of hydrogen-bond acceptors (Lipinski definition) is 3. The van der Waals surface area contributed by atoms with Crippen LogP contribution in [0.4, 0.5) is 0 Å². The number of hydrogen-bond donors (Lipinski definition) is 3. The van der Waals surface area contributed by atoms with Gasteiger partial charge in [-0.3, -0.25) is 9.79 Å². The second-order valence-electron chi connectivity index (χ2n) is 5.82. The Morgan fingerprint density at radius 3 is 2.67 bits per heavy atom. The number of carbonyl (C=O) groups excluding carboxylic acids is 1. The Labute approximate surface area is 161 Å². The van der Waals surface area contributed by atoms with Crippen LogP contribution < -0.4 is 16.4 Å². The topological polar surface area (TPSA) is 82.8 Å². The number of halogens is 1. The van der Waals surface area contributed by atoms with E-state index in [1.807, 2.05) is 12.1 Å². The van der Waals surface area contributed by atoms with Gasteiger partial charge in [0.25, 0.3) is 0 Å². The molecule has 1 aromatic rings. The highest BCUT2D eigenvalue weighted by Crippen LogP contribution is 2.07. The zero-order valence-electron chi connectivity index (χ0n) is 14.3. The van der Waals surface area contributed by atoms with Crippen molar-refractivity contribution in [3.05, 3.63) is 35.4 Å². The van der Waals surface area contributed by atoms with Crippen LogP contribution in [0.1, 0.15) is 35.2 Å². The second-order valence-corrected chi connectivity index (χ2v) is 5.82. The summed E-state index contributed by atoms with van der Waals surface area (Å²) in [5.74, 6) is 0.363. The third-order valence-electron chi connectivity index (χ3n) is 4.06. The van der Waals surface area contributed by atoms with Crippen molar-refractivity contribution in [2.75, 3.05) is 33.2 Å². The van der Waals surface area contributed by atoms with Crippen molar-refractivity contribution in [3.63, 3.8) is 0 Å². The molecule has 0 aromatic heterocycles. The van der Waals surface area contributed by atoms with Crippen LogP contribution in [0.15, 0.2) is 29.3 Å². The molecule has 1 heterocycles. The lowest BCUT2D eigenvalue weighted by atomic mass is 10.1. The molecule has 4 N–H and O–H groups in total. The molecular weight excluding hydrogens is 417 g/mol. The molecule has 0 spiro atoms. The molecule has 0 saturated carbocycles. The van der Waals surface area contributed by atoms with Crippen molar-refractivity contribution in [2.45, 2.75) is 25.8 Å². The summed E-state index contributed by atoms with van der Waals surface area (Å²) in [6, 6.07) is 7.32. The van der Waals surface area contributed by atoms with E-state index >= 15 is 0 Å². The SMILES string of the molecule is CN=C(NCCN1CCCCC1)NCc1cccc(C(N)=O)c1.I. The number of nitrogens with one attached hydrogen (secondary N) is 2. The van der Waals surface area contributed by atoms with Crippen LogP contribution in [-0.4, -0.2) is 50.0 Å². The van der Waals surface area contributed by atoms with E-state index in [0.717, 1.165) is 24.6 Å². The normalized spacial score (nSPS) is 15.5. The van der Waals surface area contributed by atoms with Crippen molar-refractivity contribution >= 4 is 35.8 Å². The van der Waals surface area contributed by atoms with E-state index in [9.17, 15) is 4.79 Å². The molecule has 1 aromatic carbocycles. The lowest BCUT2D eigenvalue weighted by Gasteiger charge is -2.26. The van der Waals surface area contributed by atoms with Crippen LogP contribution in [-0.2, 0) is 6.54 Å². The molecule has 2 rings (SSSR count). The molecule has 1 saturated heterocycles. The quantitative estimate of drug-likeness (QED) is 0.353. The Morgan fingerprint density at radius 1 is 1.25 bits per heavy atom. The third-order valence-corrected chi connectivity index (χ3v) is 4.06. The number of guanidine groups is 1. The fourth-order valence-corrected chi connectivity index (χ4v) is 2.76. The van der Waals surface area contributed by atoms with Gasteiger partial charge < -0.3 is 21.3 Å². The number of nitrogens with two attached hydrogens (primary N) is 1. The Hall–Kier alpha value is -1.35. The maximum absolute atomic E-state index is 11.2. The molecule has 1 amide bonds. The van der Waals surface area contributed by atoms with Crippen LogP contribution in [0.5, 0.6) is 0 Å². The first-order valence-corrected chi connectivity index (χ1v) is 8.24. The van der Waals surface area contributed by atoms with E-state index in [4.69, 9.17) is 5.73 Å². The van der Waals surface area contributed by atoms with Crippen molar-refractivity contribution in [3.8, 4) is 0 Å². The maximum Gasteiger partial charge on any atom is 0.248 e. The van der Waals surface area contributed by atoms with Crippen LogP contribution >= 0.6 is 24.0 Å². The zero-order valence-corrected chi connectivity index (χ0v) is 16.6. The van der Waals surface area contributed by atoms with Gasteiger partial charge in [-0.15, -0.1) is 24.0 Å². The summed E-state index contributed by atoms with van der Waals surface area (Å²) in [5.41, 5.74) is 6.83. The average Bonchev–Trinajstić information content (AvgIpc) is 2.59. The molecular formula is C17H28IN5O. The summed E-state index contributed by atoms with van der Waals surface area (Å²) in [6.07, 6.45) is 3.98. The molecule has 0 bridgehead atoms. The highest BCUT2D eigenvalue weighted by atomic mass is 127. The van der Waals surface area contributed by atoms with Crippen molar-refractivity contribution in [2.24, 2.45) is 10.7 Å². The monoisotopic (exact) mass is 445 g/mol. The van der Waals surface area contributed by atoms with Crippen molar-refractivity contribution < 1.29 is 4.79 Å². The molecule has 1 aliphatic heterocycles. The fourth-order valence-electron chi connectivity index (χ4n) is 2.76. The molecule has 7 heteroatoms. The minimum Gasteiger partial charge on any atom is -0.366 e. The largest absolute Gasteiger partial charge is 0.366 e.